The lowest BCUT2D eigenvalue weighted by molar-refractivity contribution is -0.144. The van der Waals surface area contributed by atoms with Crippen LogP contribution in [0.2, 0.25) is 0 Å². The van der Waals surface area contributed by atoms with Crippen LogP contribution in [-0.2, 0) is 20.9 Å². The molecule has 5 rings (SSSR count). The Morgan fingerprint density at radius 2 is 1.67 bits per heavy atom. The zero-order valence-electron chi connectivity index (χ0n) is 32.7. The van der Waals surface area contributed by atoms with Gasteiger partial charge in [0.2, 0.25) is 17.7 Å². The van der Waals surface area contributed by atoms with Gasteiger partial charge in [0.05, 0.1) is 28.2 Å². The molecule has 3 aromatic rings. The lowest BCUT2D eigenvalue weighted by Crippen LogP contribution is -2.57. The van der Waals surface area contributed by atoms with E-state index >= 15 is 0 Å². The molecule has 3 heterocycles. The van der Waals surface area contributed by atoms with E-state index in [9.17, 15) is 29.1 Å². The lowest BCUT2D eigenvalue weighted by atomic mass is 9.85. The molecule has 13 heteroatoms. The average molecular weight is 773 g/mol. The fourth-order valence-corrected chi connectivity index (χ4v) is 8.01. The van der Waals surface area contributed by atoms with Crippen LogP contribution in [0.4, 0.5) is 0 Å². The SMILES string of the molecule is Cc1ncsc1-c1ccc([C@H](C)NC(=O)[C@@H]2C[C@@H](O)CN2C(=O)[C@@H](NC(=O)CCCCCCCCCNC(=O)c2ccc3c(c2)C(=O)NC3)C(C)(C)C)cc1. The number of nitrogens with zero attached hydrogens (tertiary/aromatic N) is 2. The van der Waals surface area contributed by atoms with Gasteiger partial charge in [0.15, 0.2) is 0 Å². The summed E-state index contributed by atoms with van der Waals surface area (Å²) in [5.74, 6) is -1.23. The van der Waals surface area contributed by atoms with Crippen LogP contribution >= 0.6 is 11.3 Å². The number of aromatic nitrogens is 1. The highest BCUT2D eigenvalue weighted by atomic mass is 32.1. The third-order valence-electron chi connectivity index (χ3n) is 10.5. The van der Waals surface area contributed by atoms with Gasteiger partial charge in [-0.15, -0.1) is 11.3 Å². The molecule has 2 aliphatic rings. The molecule has 5 N–H and O–H groups in total. The number of carbonyl (C=O) groups excluding carboxylic acids is 5. The van der Waals surface area contributed by atoms with Gasteiger partial charge in [-0.1, -0.05) is 83.2 Å². The molecular weight excluding hydrogens is 717 g/mol. The van der Waals surface area contributed by atoms with Gasteiger partial charge in [-0.2, -0.15) is 0 Å². The largest absolute Gasteiger partial charge is 0.391 e. The van der Waals surface area contributed by atoms with Crippen molar-refractivity contribution in [2.45, 2.75) is 123 Å². The van der Waals surface area contributed by atoms with Gasteiger partial charge in [0.25, 0.3) is 11.8 Å². The molecular formula is C42H56N6O6S. The third kappa shape index (κ3) is 11.0. The molecule has 1 fully saturated rings. The van der Waals surface area contributed by atoms with Crippen LogP contribution in [0.25, 0.3) is 10.4 Å². The molecule has 0 bridgehead atoms. The lowest BCUT2D eigenvalue weighted by Gasteiger charge is -2.35. The number of aryl methyl sites for hydroxylation is 1. The predicted molar refractivity (Wildman–Crippen MR) is 213 cm³/mol. The van der Waals surface area contributed by atoms with Gasteiger partial charge in [0.1, 0.15) is 12.1 Å². The summed E-state index contributed by atoms with van der Waals surface area (Å²) in [6.45, 7) is 10.6. The second kappa shape index (κ2) is 18.8. The number of hydrogen-bond donors (Lipinski definition) is 5. The molecule has 0 aliphatic carbocycles. The Bertz CT molecular complexity index is 1840. The van der Waals surface area contributed by atoms with Crippen LogP contribution in [0.5, 0.6) is 0 Å². The van der Waals surface area contributed by atoms with Crippen molar-refractivity contribution in [1.29, 1.82) is 0 Å². The number of benzene rings is 2. The number of aliphatic hydroxyl groups is 1. The van der Waals surface area contributed by atoms with Crippen LogP contribution in [0.15, 0.2) is 48.0 Å². The number of nitrogens with one attached hydrogen (secondary N) is 4. The van der Waals surface area contributed by atoms with Crippen molar-refractivity contribution in [3.8, 4) is 10.4 Å². The Kier molecular flexibility index (Phi) is 14.2. The Balaban J connectivity index is 1.01. The van der Waals surface area contributed by atoms with Crippen molar-refractivity contribution in [2.24, 2.45) is 5.41 Å². The topological polar surface area (TPSA) is 170 Å². The fourth-order valence-electron chi connectivity index (χ4n) is 7.20. The molecule has 0 radical (unpaired) electrons. The maximum absolute atomic E-state index is 14.0. The Morgan fingerprint density at radius 1 is 0.982 bits per heavy atom. The molecule has 4 atom stereocenters. The first-order valence-corrected chi connectivity index (χ1v) is 20.4. The zero-order chi connectivity index (χ0) is 39.7. The van der Waals surface area contributed by atoms with Crippen LogP contribution in [0.3, 0.4) is 0 Å². The summed E-state index contributed by atoms with van der Waals surface area (Å²) in [6.07, 6.45) is 6.03. The first-order chi connectivity index (χ1) is 26.2. The molecule has 1 saturated heterocycles. The molecule has 0 unspecified atom stereocenters. The van der Waals surface area contributed by atoms with Crippen molar-refractivity contribution in [1.82, 2.24) is 31.2 Å². The van der Waals surface area contributed by atoms with Crippen LogP contribution in [0, 0.1) is 12.3 Å². The number of rotatable bonds is 17. The number of carbonyl (C=O) groups is 5. The van der Waals surface area contributed by atoms with Crippen molar-refractivity contribution in [3.05, 3.63) is 75.9 Å². The highest BCUT2D eigenvalue weighted by molar-refractivity contribution is 7.13. The highest BCUT2D eigenvalue weighted by Gasteiger charge is 2.44. The molecule has 55 heavy (non-hydrogen) atoms. The smallest absolute Gasteiger partial charge is 0.251 e. The minimum absolute atomic E-state index is 0.0255. The van der Waals surface area contributed by atoms with E-state index < -0.39 is 23.6 Å². The highest BCUT2D eigenvalue weighted by Crippen LogP contribution is 2.30. The predicted octanol–water partition coefficient (Wildman–Crippen LogP) is 5.58. The molecule has 2 aromatic carbocycles. The van der Waals surface area contributed by atoms with Crippen molar-refractivity contribution in [3.63, 3.8) is 0 Å². The van der Waals surface area contributed by atoms with Crippen LogP contribution in [0.1, 0.15) is 129 Å². The van der Waals surface area contributed by atoms with Crippen molar-refractivity contribution < 1.29 is 29.1 Å². The zero-order valence-corrected chi connectivity index (χ0v) is 33.5. The van der Waals surface area contributed by atoms with Gasteiger partial charge in [-0.3, -0.25) is 24.0 Å². The van der Waals surface area contributed by atoms with Gasteiger partial charge in [0, 0.05) is 43.6 Å². The first kappa shape index (κ1) is 41.5. The van der Waals surface area contributed by atoms with E-state index in [0.29, 0.717) is 37.1 Å². The number of hydrogen-bond acceptors (Lipinski definition) is 8. The van der Waals surface area contributed by atoms with E-state index in [1.165, 1.54) is 4.90 Å². The van der Waals surface area contributed by atoms with Gasteiger partial charge >= 0.3 is 0 Å². The summed E-state index contributed by atoms with van der Waals surface area (Å²) < 4.78 is 0. The number of β-amino-alcohol motifs (C(OH)–C–C–N with tert-alkyl or cyclic N) is 1. The van der Waals surface area contributed by atoms with Gasteiger partial charge in [-0.05, 0) is 60.9 Å². The number of thiazole rings is 1. The van der Waals surface area contributed by atoms with E-state index in [0.717, 1.165) is 65.8 Å². The third-order valence-corrected chi connectivity index (χ3v) is 11.5. The summed E-state index contributed by atoms with van der Waals surface area (Å²) in [4.78, 5) is 71.9. The number of unbranched alkanes of at least 4 members (excludes halogenated alkanes) is 6. The summed E-state index contributed by atoms with van der Waals surface area (Å²) in [6, 6.07) is 11.2. The van der Waals surface area contributed by atoms with Gasteiger partial charge in [-0.25, -0.2) is 4.98 Å². The number of aliphatic hydroxyl groups excluding tert-OH is 1. The summed E-state index contributed by atoms with van der Waals surface area (Å²) in [5, 5.41) is 22.3. The molecule has 2 aliphatic heterocycles. The van der Waals surface area contributed by atoms with Gasteiger partial charge < -0.3 is 31.3 Å². The molecule has 1 aromatic heterocycles. The summed E-state index contributed by atoms with van der Waals surface area (Å²) in [7, 11) is 0. The van der Waals surface area contributed by atoms with Crippen LogP contribution in [-0.4, -0.2) is 75.8 Å². The normalized spacial score (nSPS) is 17.6. The molecule has 0 saturated carbocycles. The number of fused-ring (bicyclic) bond motifs is 1. The second-order valence-corrected chi connectivity index (χ2v) is 16.8. The molecule has 0 spiro atoms. The van der Waals surface area contributed by atoms with Crippen molar-refractivity contribution >= 4 is 40.9 Å². The number of likely N-dealkylation sites (tertiary alicyclic amines) is 1. The minimum atomic E-state index is -0.858. The Hall–Kier alpha value is -4.62. The summed E-state index contributed by atoms with van der Waals surface area (Å²) >= 11 is 1.58. The Labute approximate surface area is 328 Å². The molecule has 296 valence electrons. The maximum atomic E-state index is 14.0. The van der Waals surface area contributed by atoms with E-state index in [-0.39, 0.29) is 48.5 Å². The van der Waals surface area contributed by atoms with E-state index in [1.54, 1.807) is 23.5 Å². The average Bonchev–Trinajstić information content (AvgIpc) is 3.88. The standard InChI is InChI=1S/C42H56N6O6S/c1-26(28-14-16-29(17-15-28)36-27(2)45-25-55-36)46-40(53)34-22-32(49)24-48(34)41(54)37(42(3,4)5)47-35(50)13-11-9-7-6-8-10-12-20-43-38(51)30-18-19-31-23-44-39(52)33(31)21-30/h14-19,21,25-26,32,34,37,49H,6-13,20,22-24H2,1-5H3,(H,43,51)(H,44,52)(H,46,53)(H,47,50)/t26-,32+,34-,37+/m0/s1. The summed E-state index contributed by atoms with van der Waals surface area (Å²) in [5.41, 5.74) is 6.12. The second-order valence-electron chi connectivity index (χ2n) is 15.9. The quantitative estimate of drug-likeness (QED) is 0.112. The maximum Gasteiger partial charge on any atom is 0.251 e. The van der Waals surface area contributed by atoms with E-state index in [1.807, 2.05) is 70.5 Å². The monoisotopic (exact) mass is 772 g/mol. The first-order valence-electron chi connectivity index (χ1n) is 19.5. The molecule has 5 amide bonds. The van der Waals surface area contributed by atoms with Crippen LogP contribution < -0.4 is 21.3 Å². The minimum Gasteiger partial charge on any atom is -0.391 e. The fraction of sp³-hybridized carbons (Fsp3) is 0.524. The molecule has 12 nitrogen and oxygen atoms in total. The van der Waals surface area contributed by atoms with E-state index in [2.05, 4.69) is 26.3 Å². The Morgan fingerprint density at radius 3 is 2.35 bits per heavy atom. The number of amides is 5. The van der Waals surface area contributed by atoms with Crippen molar-refractivity contribution in [2.75, 3.05) is 13.1 Å². The van der Waals surface area contributed by atoms with E-state index in [4.69, 9.17) is 0 Å².